The minimum atomic E-state index is -2.02. The first-order valence-electron chi connectivity index (χ1n) is 8.92. The predicted octanol–water partition coefficient (Wildman–Crippen LogP) is 6.35. The zero-order valence-electron chi connectivity index (χ0n) is 16.9. The van der Waals surface area contributed by atoms with Crippen LogP contribution in [0.5, 0.6) is 0 Å². The molecule has 2 aromatic rings. The van der Waals surface area contributed by atoms with Gasteiger partial charge in [-0.05, 0) is 52.3 Å². The van der Waals surface area contributed by atoms with Crippen LogP contribution in [0.4, 0.5) is 10.1 Å². The number of amides is 1. The Balaban J connectivity index is 2.36. The molecule has 0 saturated heterocycles. The highest BCUT2D eigenvalue weighted by Gasteiger charge is 2.37. The third kappa shape index (κ3) is 5.76. The highest BCUT2D eigenvalue weighted by atomic mass is 79.9. The molecule has 2 rings (SSSR count). The van der Waals surface area contributed by atoms with E-state index in [1.54, 1.807) is 6.07 Å². The molecule has 0 aliphatic rings. The minimum Gasteiger partial charge on any atom is -0.415 e. The molecule has 1 aromatic carbocycles. The fourth-order valence-corrected chi connectivity index (χ4v) is 4.02. The zero-order valence-corrected chi connectivity index (χ0v) is 21.0. The molecule has 0 aliphatic carbocycles. The molecule has 29 heavy (non-hydrogen) atoms. The van der Waals surface area contributed by atoms with E-state index in [0.29, 0.717) is 10.2 Å². The number of anilines is 1. The van der Waals surface area contributed by atoms with Gasteiger partial charge in [0.2, 0.25) is 0 Å². The summed E-state index contributed by atoms with van der Waals surface area (Å²) in [4.78, 5) is 22.3. The topological polar surface area (TPSA) is 55.3 Å². The minimum absolute atomic E-state index is 0.0193. The number of rotatable bonds is 6. The Morgan fingerprint density at radius 1 is 1.24 bits per heavy atom. The van der Waals surface area contributed by atoms with E-state index in [-0.39, 0.29) is 34.1 Å². The summed E-state index contributed by atoms with van der Waals surface area (Å²) >= 11 is 15.3. The van der Waals surface area contributed by atoms with Gasteiger partial charge in [-0.25, -0.2) is 14.4 Å². The monoisotopic (exact) mass is 521 g/mol. The maximum atomic E-state index is 14.1. The van der Waals surface area contributed by atoms with Gasteiger partial charge in [0.15, 0.2) is 8.32 Å². The number of benzene rings is 1. The van der Waals surface area contributed by atoms with Crippen LogP contribution in [0.1, 0.15) is 31.1 Å². The standard InChI is InChI=1S/C19H23BrCl2FN3O2Si/c1-19(2,3)29(4,5)28-9-8-26(12-6-7-13(20)14(23)10-12)18(27)15-16(21)24-11-25-17(15)22/h6-7,10-11H,8-9H2,1-5H3. The van der Waals surface area contributed by atoms with E-state index in [0.717, 1.165) is 0 Å². The van der Waals surface area contributed by atoms with Crippen molar-refractivity contribution < 1.29 is 13.6 Å². The average molecular weight is 523 g/mol. The average Bonchev–Trinajstić information content (AvgIpc) is 2.60. The molecule has 0 fully saturated rings. The van der Waals surface area contributed by atoms with Crippen molar-refractivity contribution >= 4 is 59.0 Å². The first kappa shape index (κ1) is 24.2. The van der Waals surface area contributed by atoms with Gasteiger partial charge >= 0.3 is 0 Å². The Bertz CT molecular complexity index is 889. The molecule has 1 aromatic heterocycles. The van der Waals surface area contributed by atoms with Gasteiger partial charge in [-0.2, -0.15) is 0 Å². The number of aromatic nitrogens is 2. The van der Waals surface area contributed by atoms with Crippen molar-refractivity contribution in [3.8, 4) is 0 Å². The smallest absolute Gasteiger partial charge is 0.264 e. The number of hydrogen-bond acceptors (Lipinski definition) is 4. The van der Waals surface area contributed by atoms with Crippen LogP contribution in [0.2, 0.25) is 28.4 Å². The van der Waals surface area contributed by atoms with Gasteiger partial charge in [0.1, 0.15) is 28.0 Å². The highest BCUT2D eigenvalue weighted by molar-refractivity contribution is 9.10. The second-order valence-electron chi connectivity index (χ2n) is 7.99. The predicted molar refractivity (Wildman–Crippen MR) is 121 cm³/mol. The molecule has 0 saturated carbocycles. The first-order chi connectivity index (χ1) is 13.3. The summed E-state index contributed by atoms with van der Waals surface area (Å²) in [6.07, 6.45) is 1.17. The van der Waals surface area contributed by atoms with Crippen molar-refractivity contribution in [3.63, 3.8) is 0 Å². The van der Waals surface area contributed by atoms with Gasteiger partial charge < -0.3 is 9.33 Å². The van der Waals surface area contributed by atoms with Crippen LogP contribution in [-0.2, 0) is 4.43 Å². The van der Waals surface area contributed by atoms with Crippen molar-refractivity contribution in [2.45, 2.75) is 38.9 Å². The summed E-state index contributed by atoms with van der Waals surface area (Å²) in [5.74, 6) is -1.02. The van der Waals surface area contributed by atoms with Crippen molar-refractivity contribution in [1.82, 2.24) is 9.97 Å². The lowest BCUT2D eigenvalue weighted by Gasteiger charge is -2.37. The van der Waals surface area contributed by atoms with Crippen LogP contribution < -0.4 is 4.90 Å². The van der Waals surface area contributed by atoms with E-state index in [4.69, 9.17) is 27.6 Å². The van der Waals surface area contributed by atoms with Gasteiger partial charge in [-0.15, -0.1) is 0 Å². The molecule has 158 valence electrons. The van der Waals surface area contributed by atoms with Crippen LogP contribution in [0.3, 0.4) is 0 Å². The lowest BCUT2D eigenvalue weighted by Crippen LogP contribution is -2.43. The summed E-state index contributed by atoms with van der Waals surface area (Å²) in [6.45, 7) is 11.1. The Kier molecular flexibility index (Phi) is 7.84. The maximum absolute atomic E-state index is 14.1. The zero-order chi connectivity index (χ0) is 22.0. The largest absolute Gasteiger partial charge is 0.415 e. The maximum Gasteiger partial charge on any atom is 0.264 e. The molecule has 0 radical (unpaired) electrons. The van der Waals surface area contributed by atoms with Crippen LogP contribution in [0, 0.1) is 5.82 Å². The van der Waals surface area contributed by atoms with E-state index in [2.05, 4.69) is 59.8 Å². The number of hydrogen-bond donors (Lipinski definition) is 0. The van der Waals surface area contributed by atoms with Crippen LogP contribution in [-0.4, -0.2) is 37.3 Å². The highest BCUT2D eigenvalue weighted by Crippen LogP contribution is 2.36. The fraction of sp³-hybridized carbons (Fsp3) is 0.421. The van der Waals surface area contributed by atoms with E-state index < -0.39 is 20.0 Å². The molecule has 1 heterocycles. The van der Waals surface area contributed by atoms with Crippen molar-refractivity contribution in [3.05, 3.63) is 50.7 Å². The quantitative estimate of drug-likeness (QED) is 0.327. The second kappa shape index (κ2) is 9.39. The van der Waals surface area contributed by atoms with Gasteiger partial charge in [0.05, 0.1) is 11.1 Å². The Hall–Kier alpha value is -1.06. The first-order valence-corrected chi connectivity index (χ1v) is 13.4. The number of carbonyl (C=O) groups is 1. The third-order valence-corrected chi connectivity index (χ3v) is 10.8. The number of nitrogens with zero attached hydrogens (tertiary/aromatic N) is 3. The number of carbonyl (C=O) groups excluding carboxylic acids is 1. The summed E-state index contributed by atoms with van der Waals surface area (Å²) in [5.41, 5.74) is 0.317. The van der Waals surface area contributed by atoms with E-state index in [1.165, 1.54) is 23.4 Å². The van der Waals surface area contributed by atoms with Gasteiger partial charge in [-0.1, -0.05) is 44.0 Å². The van der Waals surface area contributed by atoms with Crippen molar-refractivity contribution in [1.29, 1.82) is 0 Å². The molecule has 0 aliphatic heterocycles. The van der Waals surface area contributed by atoms with E-state index >= 15 is 0 Å². The molecule has 0 atom stereocenters. The molecular formula is C19H23BrCl2FN3O2Si. The summed E-state index contributed by atoms with van der Waals surface area (Å²) in [6, 6.07) is 4.42. The molecule has 5 nitrogen and oxygen atoms in total. The lowest BCUT2D eigenvalue weighted by atomic mass is 10.2. The molecular weight excluding hydrogens is 500 g/mol. The number of halogens is 4. The molecule has 10 heteroatoms. The van der Waals surface area contributed by atoms with Gasteiger partial charge in [-0.3, -0.25) is 4.79 Å². The SMILES string of the molecule is CC(C)(C)[Si](C)(C)OCCN(C(=O)c1c(Cl)ncnc1Cl)c1ccc(Br)c(F)c1. The fourth-order valence-electron chi connectivity index (χ4n) is 2.27. The Morgan fingerprint density at radius 2 is 1.83 bits per heavy atom. The van der Waals surface area contributed by atoms with Crippen LogP contribution in [0.25, 0.3) is 0 Å². The van der Waals surface area contributed by atoms with E-state index in [1.807, 2.05) is 0 Å². The van der Waals surface area contributed by atoms with Gasteiger partial charge in [0, 0.05) is 12.2 Å². The lowest BCUT2D eigenvalue weighted by molar-refractivity contribution is 0.0981. The van der Waals surface area contributed by atoms with E-state index in [9.17, 15) is 9.18 Å². The second-order valence-corrected chi connectivity index (χ2v) is 14.4. The summed E-state index contributed by atoms with van der Waals surface area (Å²) in [7, 11) is -2.02. The summed E-state index contributed by atoms with van der Waals surface area (Å²) < 4.78 is 20.6. The molecule has 1 amide bonds. The van der Waals surface area contributed by atoms with Crippen molar-refractivity contribution in [2.24, 2.45) is 0 Å². The molecule has 0 unspecified atom stereocenters. The van der Waals surface area contributed by atoms with Crippen LogP contribution in [0.15, 0.2) is 29.0 Å². The summed E-state index contributed by atoms with van der Waals surface area (Å²) in [5, 5.41) is -0.114. The molecule has 0 spiro atoms. The Morgan fingerprint density at radius 3 is 2.34 bits per heavy atom. The van der Waals surface area contributed by atoms with Gasteiger partial charge in [0.25, 0.3) is 5.91 Å². The van der Waals surface area contributed by atoms with Crippen molar-refractivity contribution in [2.75, 3.05) is 18.1 Å². The molecule has 0 bridgehead atoms. The molecule has 0 N–H and O–H groups in total. The normalized spacial score (nSPS) is 12.2. The Labute approximate surface area is 189 Å². The van der Waals surface area contributed by atoms with Crippen LogP contribution >= 0.6 is 39.1 Å². The third-order valence-electron chi connectivity index (χ3n) is 5.01.